The van der Waals surface area contributed by atoms with E-state index in [1.165, 1.54) is 38.5 Å². The lowest BCUT2D eigenvalue weighted by atomic mass is 9.91. The van der Waals surface area contributed by atoms with Crippen molar-refractivity contribution in [3.8, 4) is 0 Å². The first-order valence-corrected chi connectivity index (χ1v) is 5.53. The van der Waals surface area contributed by atoms with Gasteiger partial charge < -0.3 is 5.73 Å². The molecule has 0 aromatic rings. The van der Waals surface area contributed by atoms with Crippen LogP contribution < -0.4 is 5.73 Å². The molecule has 1 fully saturated rings. The van der Waals surface area contributed by atoms with E-state index in [4.69, 9.17) is 5.73 Å². The maximum Gasteiger partial charge on any atom is 0.00670 e. The monoisotopic (exact) mass is 169 g/mol. The molecule has 0 aromatic carbocycles. The molecule has 0 amide bonds. The van der Waals surface area contributed by atoms with Gasteiger partial charge in [0.1, 0.15) is 0 Å². The SMILES string of the molecule is CCC(CC)C(N)CCC1CC1. The van der Waals surface area contributed by atoms with Crippen molar-refractivity contribution in [3.05, 3.63) is 0 Å². The van der Waals surface area contributed by atoms with Crippen LogP contribution in [0.4, 0.5) is 0 Å². The molecule has 1 nitrogen and oxygen atoms in total. The number of rotatable bonds is 6. The smallest absolute Gasteiger partial charge is 0.00670 e. The lowest BCUT2D eigenvalue weighted by molar-refractivity contribution is 0.366. The van der Waals surface area contributed by atoms with Crippen molar-refractivity contribution >= 4 is 0 Å². The fourth-order valence-electron chi connectivity index (χ4n) is 1.96. The highest BCUT2D eigenvalue weighted by Gasteiger charge is 2.23. The van der Waals surface area contributed by atoms with E-state index in [9.17, 15) is 0 Å². The van der Waals surface area contributed by atoms with Crippen molar-refractivity contribution < 1.29 is 0 Å². The third-order valence-electron chi connectivity index (χ3n) is 3.26. The van der Waals surface area contributed by atoms with Crippen molar-refractivity contribution in [2.45, 2.75) is 58.4 Å². The number of hydrogen-bond donors (Lipinski definition) is 1. The average molecular weight is 169 g/mol. The largest absolute Gasteiger partial charge is 0.327 e. The maximum absolute atomic E-state index is 6.12. The van der Waals surface area contributed by atoms with Crippen LogP contribution in [0.5, 0.6) is 0 Å². The summed E-state index contributed by atoms with van der Waals surface area (Å²) in [5.74, 6) is 1.81. The molecule has 72 valence electrons. The second-order valence-corrected chi connectivity index (χ2v) is 4.26. The Balaban J connectivity index is 2.10. The lowest BCUT2D eigenvalue weighted by Crippen LogP contribution is -2.29. The van der Waals surface area contributed by atoms with Crippen LogP contribution >= 0.6 is 0 Å². The molecule has 1 saturated carbocycles. The van der Waals surface area contributed by atoms with E-state index >= 15 is 0 Å². The minimum absolute atomic E-state index is 0.473. The Morgan fingerprint density at radius 1 is 1.25 bits per heavy atom. The number of hydrogen-bond acceptors (Lipinski definition) is 1. The zero-order chi connectivity index (χ0) is 8.97. The highest BCUT2D eigenvalue weighted by molar-refractivity contribution is 4.78. The fourth-order valence-corrected chi connectivity index (χ4v) is 1.96. The fraction of sp³-hybridized carbons (Fsp3) is 1.00. The summed E-state index contributed by atoms with van der Waals surface area (Å²) in [6.45, 7) is 4.51. The molecule has 0 heterocycles. The van der Waals surface area contributed by atoms with Gasteiger partial charge in [0.15, 0.2) is 0 Å². The highest BCUT2D eigenvalue weighted by atomic mass is 14.6. The molecule has 0 bridgehead atoms. The summed E-state index contributed by atoms with van der Waals surface area (Å²) in [5, 5.41) is 0. The summed E-state index contributed by atoms with van der Waals surface area (Å²) in [6.07, 6.45) is 8.09. The topological polar surface area (TPSA) is 26.0 Å². The van der Waals surface area contributed by atoms with E-state index in [-0.39, 0.29) is 0 Å². The zero-order valence-electron chi connectivity index (χ0n) is 8.55. The van der Waals surface area contributed by atoms with Gasteiger partial charge in [-0.15, -0.1) is 0 Å². The second-order valence-electron chi connectivity index (χ2n) is 4.26. The summed E-state index contributed by atoms with van der Waals surface area (Å²) < 4.78 is 0. The minimum Gasteiger partial charge on any atom is -0.327 e. The van der Waals surface area contributed by atoms with Crippen LogP contribution in [0, 0.1) is 11.8 Å². The van der Waals surface area contributed by atoms with Gasteiger partial charge in [-0.2, -0.15) is 0 Å². The molecule has 1 rings (SSSR count). The van der Waals surface area contributed by atoms with Crippen LogP contribution in [0.1, 0.15) is 52.4 Å². The van der Waals surface area contributed by atoms with Gasteiger partial charge in [0.2, 0.25) is 0 Å². The Hall–Kier alpha value is -0.0400. The van der Waals surface area contributed by atoms with Gasteiger partial charge in [0, 0.05) is 6.04 Å². The Bertz CT molecular complexity index is 114. The van der Waals surface area contributed by atoms with E-state index in [0.29, 0.717) is 6.04 Å². The molecule has 0 radical (unpaired) electrons. The summed E-state index contributed by atoms with van der Waals surface area (Å²) in [6, 6.07) is 0.473. The van der Waals surface area contributed by atoms with Crippen LogP contribution in [0.2, 0.25) is 0 Å². The summed E-state index contributed by atoms with van der Waals surface area (Å²) in [4.78, 5) is 0. The third kappa shape index (κ3) is 3.14. The van der Waals surface area contributed by atoms with Gasteiger partial charge in [-0.25, -0.2) is 0 Å². The Labute approximate surface area is 76.7 Å². The second kappa shape index (κ2) is 4.86. The maximum atomic E-state index is 6.12. The van der Waals surface area contributed by atoms with Gasteiger partial charge in [0.25, 0.3) is 0 Å². The lowest BCUT2D eigenvalue weighted by Gasteiger charge is -2.20. The predicted molar refractivity (Wildman–Crippen MR) is 54.0 cm³/mol. The van der Waals surface area contributed by atoms with E-state index in [0.717, 1.165) is 11.8 Å². The average Bonchev–Trinajstić information content (AvgIpc) is 2.86. The van der Waals surface area contributed by atoms with Crippen molar-refractivity contribution in [1.29, 1.82) is 0 Å². The van der Waals surface area contributed by atoms with Crippen LogP contribution in [0.15, 0.2) is 0 Å². The van der Waals surface area contributed by atoms with Gasteiger partial charge in [-0.05, 0) is 24.7 Å². The standard InChI is InChI=1S/C11H23N/c1-3-10(4-2)11(12)8-7-9-5-6-9/h9-11H,3-8,12H2,1-2H3. The molecule has 0 aromatic heterocycles. The molecule has 0 spiro atoms. The molecular formula is C11H23N. The minimum atomic E-state index is 0.473. The normalized spacial score (nSPS) is 20.0. The number of nitrogens with two attached hydrogens (primary N) is 1. The summed E-state index contributed by atoms with van der Waals surface area (Å²) >= 11 is 0. The van der Waals surface area contributed by atoms with Crippen LogP contribution in [-0.2, 0) is 0 Å². The molecule has 0 saturated heterocycles. The molecular weight excluding hydrogens is 146 g/mol. The quantitative estimate of drug-likeness (QED) is 0.650. The van der Waals surface area contributed by atoms with Crippen molar-refractivity contribution in [1.82, 2.24) is 0 Å². The van der Waals surface area contributed by atoms with Crippen LogP contribution in [0.3, 0.4) is 0 Å². The van der Waals surface area contributed by atoms with Gasteiger partial charge in [0.05, 0.1) is 0 Å². The van der Waals surface area contributed by atoms with Crippen molar-refractivity contribution in [2.24, 2.45) is 17.6 Å². The first-order valence-electron chi connectivity index (χ1n) is 5.53. The Kier molecular flexibility index (Phi) is 4.07. The van der Waals surface area contributed by atoms with Crippen LogP contribution in [0.25, 0.3) is 0 Å². The molecule has 1 heteroatoms. The molecule has 0 aliphatic heterocycles. The molecule has 1 atom stereocenters. The summed E-state index contributed by atoms with van der Waals surface area (Å²) in [7, 11) is 0. The van der Waals surface area contributed by atoms with E-state index in [1.54, 1.807) is 0 Å². The first kappa shape index (κ1) is 10.0. The molecule has 2 N–H and O–H groups in total. The van der Waals surface area contributed by atoms with E-state index < -0.39 is 0 Å². The third-order valence-corrected chi connectivity index (χ3v) is 3.26. The summed E-state index contributed by atoms with van der Waals surface area (Å²) in [5.41, 5.74) is 6.12. The Morgan fingerprint density at radius 2 is 1.83 bits per heavy atom. The van der Waals surface area contributed by atoms with Crippen LogP contribution in [-0.4, -0.2) is 6.04 Å². The van der Waals surface area contributed by atoms with Crippen molar-refractivity contribution in [2.75, 3.05) is 0 Å². The molecule has 1 unspecified atom stereocenters. The molecule has 1 aliphatic carbocycles. The van der Waals surface area contributed by atoms with E-state index in [2.05, 4.69) is 13.8 Å². The van der Waals surface area contributed by atoms with Gasteiger partial charge in [-0.3, -0.25) is 0 Å². The highest BCUT2D eigenvalue weighted by Crippen LogP contribution is 2.34. The van der Waals surface area contributed by atoms with Gasteiger partial charge in [-0.1, -0.05) is 39.5 Å². The van der Waals surface area contributed by atoms with E-state index in [1.807, 2.05) is 0 Å². The first-order chi connectivity index (χ1) is 5.77. The Morgan fingerprint density at radius 3 is 2.25 bits per heavy atom. The molecule has 1 aliphatic rings. The van der Waals surface area contributed by atoms with Gasteiger partial charge >= 0.3 is 0 Å². The zero-order valence-corrected chi connectivity index (χ0v) is 8.55. The predicted octanol–water partition coefficient (Wildman–Crippen LogP) is 2.94. The molecule has 12 heavy (non-hydrogen) atoms. The van der Waals surface area contributed by atoms with Crippen molar-refractivity contribution in [3.63, 3.8) is 0 Å².